The van der Waals surface area contributed by atoms with Gasteiger partial charge in [-0.3, -0.25) is 0 Å². The zero-order valence-corrected chi connectivity index (χ0v) is 12.6. The van der Waals surface area contributed by atoms with Crippen molar-refractivity contribution in [2.24, 2.45) is 5.92 Å². The van der Waals surface area contributed by atoms with Gasteiger partial charge in [-0.15, -0.1) is 0 Å². The lowest BCUT2D eigenvalue weighted by Crippen LogP contribution is -2.42. The van der Waals surface area contributed by atoms with Crippen molar-refractivity contribution in [2.45, 2.75) is 44.0 Å². The van der Waals surface area contributed by atoms with Crippen molar-refractivity contribution in [3.63, 3.8) is 0 Å². The highest BCUT2D eigenvalue weighted by Crippen LogP contribution is 2.46. The van der Waals surface area contributed by atoms with Gasteiger partial charge in [0.1, 0.15) is 17.8 Å². The summed E-state index contributed by atoms with van der Waals surface area (Å²) >= 11 is 13.8. The normalized spacial score (nSPS) is 37.5. The third kappa shape index (κ3) is 3.71. The Kier molecular flexibility index (Phi) is 5.13. The molecule has 0 amide bonds. The Morgan fingerprint density at radius 1 is 1.67 bits per heavy atom. The summed E-state index contributed by atoms with van der Waals surface area (Å²) in [6, 6.07) is 0. The number of rotatable bonds is 3. The van der Waals surface area contributed by atoms with E-state index >= 15 is 0 Å². The highest BCUT2D eigenvalue weighted by molar-refractivity contribution is 8.54. The zero-order chi connectivity index (χ0) is 11.6. The lowest BCUT2D eigenvalue weighted by atomic mass is 9.77. The van der Waals surface area contributed by atoms with Crippen LogP contribution in [0.25, 0.3) is 0 Å². The highest BCUT2D eigenvalue weighted by Gasteiger charge is 2.43. The molecule has 1 rings (SSSR count). The minimum Gasteiger partial charge on any atom is -0.173 e. The van der Waals surface area contributed by atoms with Crippen molar-refractivity contribution in [1.82, 2.24) is 0 Å². The molecule has 5 heteroatoms. The molecule has 0 N–H and O–H groups in total. The standard InChI is InChI=1S/C10H17OPS3/c1-7(2)8-4-5-10(3,9(13)6-8)11-12(14)15/h8-9H,1,4-6H2,2-3H3,(H-,13,14,15)/p+1/t8-,9+,10+/m1/s1. The third-order valence-corrected chi connectivity index (χ3v) is 4.98. The van der Waals surface area contributed by atoms with Crippen LogP contribution in [-0.4, -0.2) is 10.9 Å². The van der Waals surface area contributed by atoms with Crippen molar-refractivity contribution in [1.29, 1.82) is 0 Å². The van der Waals surface area contributed by atoms with Gasteiger partial charge in [0.05, 0.1) is 0 Å². The summed E-state index contributed by atoms with van der Waals surface area (Å²) in [6.07, 6.45) is 2.12. The molecule has 0 spiro atoms. The number of thiol groups is 2. The molecule has 1 saturated carbocycles. The predicted octanol–water partition coefficient (Wildman–Crippen LogP) is 4.14. The van der Waals surface area contributed by atoms with Gasteiger partial charge >= 0.3 is 6.13 Å². The van der Waals surface area contributed by atoms with Crippen LogP contribution in [0.15, 0.2) is 12.2 Å². The van der Waals surface area contributed by atoms with E-state index in [-0.39, 0.29) is 10.9 Å². The molecule has 1 nitrogen and oxygen atoms in total. The minimum absolute atomic E-state index is 0.204. The molecule has 0 heterocycles. The molecule has 1 aliphatic rings. The number of hydrogen-bond donors (Lipinski definition) is 2. The van der Waals surface area contributed by atoms with Crippen molar-refractivity contribution in [3.05, 3.63) is 12.2 Å². The number of allylic oxidation sites excluding steroid dienone is 1. The van der Waals surface area contributed by atoms with Crippen LogP contribution in [0.2, 0.25) is 0 Å². The molecule has 0 aromatic rings. The molecule has 0 aliphatic heterocycles. The maximum Gasteiger partial charge on any atom is 0.411 e. The van der Waals surface area contributed by atoms with E-state index in [9.17, 15) is 0 Å². The van der Waals surface area contributed by atoms with Gasteiger partial charge in [-0.05, 0) is 39.0 Å². The molecule has 1 fully saturated rings. The second-order valence-electron chi connectivity index (χ2n) is 4.48. The molecule has 0 aromatic heterocycles. The summed E-state index contributed by atoms with van der Waals surface area (Å²) in [5.41, 5.74) is 1.05. The summed E-state index contributed by atoms with van der Waals surface area (Å²) in [6.45, 7) is 8.20. The smallest absolute Gasteiger partial charge is 0.173 e. The fourth-order valence-electron chi connectivity index (χ4n) is 2.00. The maximum absolute atomic E-state index is 5.76. The Hall–Kier alpha value is 0.920. The molecule has 0 saturated heterocycles. The van der Waals surface area contributed by atoms with E-state index < -0.39 is 6.13 Å². The average Bonchev–Trinajstić information content (AvgIpc) is 2.08. The van der Waals surface area contributed by atoms with Gasteiger partial charge in [0.25, 0.3) is 0 Å². The van der Waals surface area contributed by atoms with Gasteiger partial charge in [-0.2, -0.15) is 17.2 Å². The zero-order valence-electron chi connectivity index (χ0n) is 9.14. The van der Waals surface area contributed by atoms with Crippen LogP contribution < -0.4 is 0 Å². The Labute approximate surface area is 109 Å². The van der Waals surface area contributed by atoms with Gasteiger partial charge < -0.3 is 0 Å². The average molecular weight is 281 g/mol. The first-order valence-corrected chi connectivity index (χ1v) is 8.98. The molecule has 0 radical (unpaired) electrons. The summed E-state index contributed by atoms with van der Waals surface area (Å²) in [7, 11) is 0. The topological polar surface area (TPSA) is 9.23 Å². The fraction of sp³-hybridized carbons (Fsp3) is 0.800. The van der Waals surface area contributed by atoms with E-state index in [0.717, 1.165) is 19.3 Å². The summed E-state index contributed by atoms with van der Waals surface area (Å²) in [4.78, 5) is 0. The first-order chi connectivity index (χ1) is 6.85. The molecule has 0 aromatic carbocycles. The van der Waals surface area contributed by atoms with Gasteiger partial charge in [-0.1, -0.05) is 12.2 Å². The predicted molar refractivity (Wildman–Crippen MR) is 77.7 cm³/mol. The largest absolute Gasteiger partial charge is 0.411 e. The summed E-state index contributed by atoms with van der Waals surface area (Å²) in [5.74, 6) is 0.584. The van der Waals surface area contributed by atoms with Gasteiger partial charge in [0.15, 0.2) is 0 Å². The van der Waals surface area contributed by atoms with Crippen LogP contribution in [0.3, 0.4) is 0 Å². The van der Waals surface area contributed by atoms with Gasteiger partial charge in [0, 0.05) is 5.25 Å². The second-order valence-corrected chi connectivity index (χ2v) is 8.65. The first-order valence-electron chi connectivity index (χ1n) is 5.04. The Morgan fingerprint density at radius 3 is 2.67 bits per heavy atom. The van der Waals surface area contributed by atoms with Gasteiger partial charge in [0.2, 0.25) is 11.8 Å². The molecule has 1 unspecified atom stereocenters. The molecule has 86 valence electrons. The first kappa shape index (κ1) is 14.0. The quantitative estimate of drug-likeness (QED) is 0.457. The minimum atomic E-state index is -1.02. The lowest BCUT2D eigenvalue weighted by Gasteiger charge is -2.38. The van der Waals surface area contributed by atoms with Crippen molar-refractivity contribution in [2.75, 3.05) is 0 Å². The molecule has 1 aliphatic carbocycles. The lowest BCUT2D eigenvalue weighted by molar-refractivity contribution is 0.0640. The molecule has 4 atom stereocenters. The molecule has 0 bridgehead atoms. The van der Waals surface area contributed by atoms with E-state index in [4.69, 9.17) is 16.3 Å². The SMILES string of the molecule is C=C(C)[C@@H]1CC[C@](C)(O[P+](=S)S)[C@@H](S)C1. The highest BCUT2D eigenvalue weighted by atomic mass is 32.9. The van der Waals surface area contributed by atoms with Crippen LogP contribution in [0.4, 0.5) is 0 Å². The molecular weight excluding hydrogens is 263 g/mol. The van der Waals surface area contributed by atoms with Crippen molar-refractivity contribution < 1.29 is 4.52 Å². The molecular formula is C10H18OPS3+. The van der Waals surface area contributed by atoms with E-state index in [1.54, 1.807) is 0 Å². The Bertz CT molecular complexity index is 282. The van der Waals surface area contributed by atoms with E-state index in [2.05, 4.69) is 45.3 Å². The van der Waals surface area contributed by atoms with Gasteiger partial charge in [-0.25, -0.2) is 0 Å². The molecule has 15 heavy (non-hydrogen) atoms. The van der Waals surface area contributed by atoms with Crippen LogP contribution in [0, 0.1) is 5.92 Å². The maximum atomic E-state index is 5.76. The monoisotopic (exact) mass is 281 g/mol. The second kappa shape index (κ2) is 5.50. The van der Waals surface area contributed by atoms with Crippen LogP contribution in [0.5, 0.6) is 0 Å². The summed E-state index contributed by atoms with van der Waals surface area (Å²) < 4.78 is 5.76. The Balaban J connectivity index is 2.66. The van der Waals surface area contributed by atoms with Crippen LogP contribution in [0.1, 0.15) is 33.1 Å². The fourth-order valence-corrected chi connectivity index (χ4v) is 4.16. The summed E-state index contributed by atoms with van der Waals surface area (Å²) in [5, 5.41) is 0.230. The Morgan fingerprint density at radius 2 is 2.27 bits per heavy atom. The van der Waals surface area contributed by atoms with Crippen molar-refractivity contribution >= 4 is 42.8 Å². The van der Waals surface area contributed by atoms with E-state index in [1.165, 1.54) is 5.57 Å². The van der Waals surface area contributed by atoms with E-state index in [0.29, 0.717) is 5.92 Å². The van der Waals surface area contributed by atoms with E-state index in [1.807, 2.05) is 0 Å². The van der Waals surface area contributed by atoms with Crippen LogP contribution in [-0.2, 0) is 16.3 Å². The third-order valence-electron chi connectivity index (χ3n) is 3.19. The van der Waals surface area contributed by atoms with Crippen molar-refractivity contribution in [3.8, 4) is 0 Å². The number of hydrogen-bond acceptors (Lipinski definition) is 3. The van der Waals surface area contributed by atoms with Crippen LogP contribution >= 0.6 is 31.0 Å².